The Bertz CT molecular complexity index is 1350. The molecule has 0 aromatic carbocycles. The van der Waals surface area contributed by atoms with E-state index in [0.717, 1.165) is 103 Å². The van der Waals surface area contributed by atoms with Gasteiger partial charge in [-0.05, 0) is 122 Å². The van der Waals surface area contributed by atoms with Crippen molar-refractivity contribution in [3.8, 4) is 0 Å². The minimum Gasteiger partial charge on any atom is -0.462 e. The Morgan fingerprint density at radius 3 is 0.896 bits per heavy atom. The first-order valence-electron chi connectivity index (χ1n) is 27.7. The molecule has 0 heterocycles. The Morgan fingerprint density at radius 1 is 0.299 bits per heavy atom. The van der Waals surface area contributed by atoms with Crippen molar-refractivity contribution in [1.29, 1.82) is 0 Å². The molecule has 0 rings (SSSR count). The molecular formula is C61H102O6. The van der Waals surface area contributed by atoms with Crippen LogP contribution in [0.4, 0.5) is 0 Å². The summed E-state index contributed by atoms with van der Waals surface area (Å²) >= 11 is 0. The Hall–Kier alpha value is -3.67. The van der Waals surface area contributed by atoms with E-state index in [1.807, 2.05) is 0 Å². The molecule has 0 amide bonds. The van der Waals surface area contributed by atoms with Crippen molar-refractivity contribution in [3.63, 3.8) is 0 Å². The van der Waals surface area contributed by atoms with Gasteiger partial charge in [-0.2, -0.15) is 0 Å². The van der Waals surface area contributed by atoms with Crippen molar-refractivity contribution in [2.45, 2.75) is 258 Å². The van der Waals surface area contributed by atoms with Crippen molar-refractivity contribution < 1.29 is 28.6 Å². The third kappa shape index (κ3) is 53.2. The number of esters is 3. The molecule has 6 heteroatoms. The quantitative estimate of drug-likeness (QED) is 0.0262. The molecular weight excluding hydrogens is 829 g/mol. The molecule has 0 saturated heterocycles. The molecule has 0 spiro atoms. The number of hydrogen-bond donors (Lipinski definition) is 0. The molecule has 67 heavy (non-hydrogen) atoms. The van der Waals surface area contributed by atoms with Gasteiger partial charge in [-0.1, -0.05) is 208 Å². The molecule has 0 saturated carbocycles. The van der Waals surface area contributed by atoms with E-state index in [0.29, 0.717) is 19.3 Å². The summed E-state index contributed by atoms with van der Waals surface area (Å²) in [6, 6.07) is 0. The first kappa shape index (κ1) is 63.3. The third-order valence-electron chi connectivity index (χ3n) is 11.5. The molecule has 0 bridgehead atoms. The van der Waals surface area contributed by atoms with E-state index in [-0.39, 0.29) is 37.5 Å². The fourth-order valence-corrected chi connectivity index (χ4v) is 7.32. The summed E-state index contributed by atoms with van der Waals surface area (Å²) in [5.41, 5.74) is 0. The summed E-state index contributed by atoms with van der Waals surface area (Å²) in [4.78, 5) is 38.1. The summed E-state index contributed by atoms with van der Waals surface area (Å²) < 4.78 is 16.8. The van der Waals surface area contributed by atoms with Crippen molar-refractivity contribution in [3.05, 3.63) is 97.2 Å². The average Bonchev–Trinajstić information content (AvgIpc) is 3.33. The molecule has 1 atom stereocenters. The van der Waals surface area contributed by atoms with Crippen LogP contribution in [0.15, 0.2) is 97.2 Å². The maximum absolute atomic E-state index is 12.8. The summed E-state index contributed by atoms with van der Waals surface area (Å²) in [5, 5.41) is 0. The van der Waals surface area contributed by atoms with Crippen LogP contribution in [-0.4, -0.2) is 37.2 Å². The maximum Gasteiger partial charge on any atom is 0.306 e. The van der Waals surface area contributed by atoms with Gasteiger partial charge in [0.15, 0.2) is 6.10 Å². The number of allylic oxidation sites excluding steroid dienone is 16. The van der Waals surface area contributed by atoms with Gasteiger partial charge in [0, 0.05) is 19.3 Å². The highest BCUT2D eigenvalue weighted by Gasteiger charge is 2.19. The average molecular weight is 931 g/mol. The number of carbonyl (C=O) groups is 3. The molecule has 0 radical (unpaired) electrons. The van der Waals surface area contributed by atoms with E-state index in [4.69, 9.17) is 14.2 Å². The van der Waals surface area contributed by atoms with Gasteiger partial charge in [0.1, 0.15) is 13.2 Å². The number of unbranched alkanes of at least 4 members (excludes halogenated alkanes) is 22. The predicted molar refractivity (Wildman–Crippen MR) is 288 cm³/mol. The second-order valence-electron chi connectivity index (χ2n) is 18.1. The van der Waals surface area contributed by atoms with Crippen LogP contribution in [-0.2, 0) is 28.6 Å². The Kier molecular flexibility index (Phi) is 51.9. The van der Waals surface area contributed by atoms with Crippen molar-refractivity contribution in [2.24, 2.45) is 0 Å². The van der Waals surface area contributed by atoms with Crippen LogP contribution in [0.5, 0.6) is 0 Å². The Labute approximate surface area is 413 Å². The van der Waals surface area contributed by atoms with E-state index in [2.05, 4.69) is 118 Å². The highest BCUT2D eigenvalue weighted by molar-refractivity contribution is 5.71. The second-order valence-corrected chi connectivity index (χ2v) is 18.1. The lowest BCUT2D eigenvalue weighted by atomic mass is 10.1. The lowest BCUT2D eigenvalue weighted by Crippen LogP contribution is -2.30. The highest BCUT2D eigenvalue weighted by atomic mass is 16.6. The van der Waals surface area contributed by atoms with Crippen LogP contribution in [0.2, 0.25) is 0 Å². The SMILES string of the molecule is CCCCC/C=C\C/C=C\C/C=C\C/C=C\CCCC(=O)OC[C@H](COC(=O)CCCCCCC/C=C\C/C=C\CCCCC)OC(=O)CCCCCCCCC/C=C\C/C=C\CCCCC. The van der Waals surface area contributed by atoms with Crippen LogP contribution < -0.4 is 0 Å². The molecule has 0 N–H and O–H groups in total. The van der Waals surface area contributed by atoms with Crippen molar-refractivity contribution in [1.82, 2.24) is 0 Å². The topological polar surface area (TPSA) is 78.9 Å². The van der Waals surface area contributed by atoms with Crippen molar-refractivity contribution >= 4 is 17.9 Å². The summed E-state index contributed by atoms with van der Waals surface area (Å²) in [6.07, 6.45) is 72.5. The Balaban J connectivity index is 4.52. The van der Waals surface area contributed by atoms with E-state index < -0.39 is 6.10 Å². The number of ether oxygens (including phenoxy) is 3. The smallest absolute Gasteiger partial charge is 0.306 e. The third-order valence-corrected chi connectivity index (χ3v) is 11.5. The maximum atomic E-state index is 12.8. The van der Waals surface area contributed by atoms with Gasteiger partial charge in [0.05, 0.1) is 0 Å². The molecule has 0 aliphatic carbocycles. The highest BCUT2D eigenvalue weighted by Crippen LogP contribution is 2.13. The van der Waals surface area contributed by atoms with Gasteiger partial charge in [-0.15, -0.1) is 0 Å². The second kappa shape index (κ2) is 54.9. The van der Waals surface area contributed by atoms with Crippen LogP contribution in [0.25, 0.3) is 0 Å². The van der Waals surface area contributed by atoms with Gasteiger partial charge in [0.25, 0.3) is 0 Å². The van der Waals surface area contributed by atoms with Crippen molar-refractivity contribution in [2.75, 3.05) is 13.2 Å². The van der Waals surface area contributed by atoms with Gasteiger partial charge >= 0.3 is 17.9 Å². The van der Waals surface area contributed by atoms with E-state index in [1.54, 1.807) is 0 Å². The van der Waals surface area contributed by atoms with E-state index in [9.17, 15) is 14.4 Å². The molecule has 0 aromatic heterocycles. The number of hydrogen-bond acceptors (Lipinski definition) is 6. The Morgan fingerprint density at radius 2 is 0.552 bits per heavy atom. The molecule has 6 nitrogen and oxygen atoms in total. The van der Waals surface area contributed by atoms with Crippen LogP contribution >= 0.6 is 0 Å². The lowest BCUT2D eigenvalue weighted by Gasteiger charge is -2.18. The van der Waals surface area contributed by atoms with Crippen LogP contribution in [0, 0.1) is 0 Å². The molecule has 382 valence electrons. The molecule has 0 aromatic rings. The molecule has 0 unspecified atom stereocenters. The van der Waals surface area contributed by atoms with E-state index >= 15 is 0 Å². The molecule has 0 fully saturated rings. The molecule has 0 aliphatic heterocycles. The minimum atomic E-state index is -0.811. The summed E-state index contributed by atoms with van der Waals surface area (Å²) in [6.45, 7) is 6.49. The largest absolute Gasteiger partial charge is 0.462 e. The summed E-state index contributed by atoms with van der Waals surface area (Å²) in [5.74, 6) is -0.984. The zero-order chi connectivity index (χ0) is 48.6. The number of rotatable bonds is 49. The first-order valence-corrected chi connectivity index (χ1v) is 27.7. The zero-order valence-corrected chi connectivity index (χ0v) is 43.6. The summed E-state index contributed by atoms with van der Waals surface area (Å²) in [7, 11) is 0. The van der Waals surface area contributed by atoms with Gasteiger partial charge in [0.2, 0.25) is 0 Å². The normalized spacial score (nSPS) is 12.8. The number of carbonyl (C=O) groups excluding carboxylic acids is 3. The zero-order valence-electron chi connectivity index (χ0n) is 43.6. The monoisotopic (exact) mass is 931 g/mol. The fraction of sp³-hybridized carbons (Fsp3) is 0.689. The van der Waals surface area contributed by atoms with Gasteiger partial charge < -0.3 is 14.2 Å². The standard InChI is InChI=1S/C61H102O6/c1-4-7-10-13-16-19-22-25-28-30-33-36-39-42-45-48-51-54-60(63)66-57-58(56-65-59(62)53-50-47-44-41-38-35-32-27-24-21-18-15-12-9-6-3)67-61(64)55-52-49-46-43-40-37-34-31-29-26-23-20-17-14-11-8-5-2/h16-21,25-29,32-33,36,42,45,58H,4-15,22-24,30-31,34-35,37-41,43-44,46-57H2,1-3H3/b19-16-,20-17-,21-18-,28-25-,29-26-,32-27-,36-33-,45-42-/t58-/m0/s1. The predicted octanol–water partition coefficient (Wildman–Crippen LogP) is 18.5. The van der Waals surface area contributed by atoms with Crippen LogP contribution in [0.1, 0.15) is 252 Å². The lowest BCUT2D eigenvalue weighted by molar-refractivity contribution is -0.167. The van der Waals surface area contributed by atoms with Gasteiger partial charge in [-0.25, -0.2) is 0 Å². The minimum absolute atomic E-state index is 0.106. The van der Waals surface area contributed by atoms with E-state index in [1.165, 1.54) is 103 Å². The first-order chi connectivity index (χ1) is 33.0. The van der Waals surface area contributed by atoms with Gasteiger partial charge in [-0.3, -0.25) is 14.4 Å². The molecule has 0 aliphatic rings. The van der Waals surface area contributed by atoms with Crippen LogP contribution in [0.3, 0.4) is 0 Å². The fourth-order valence-electron chi connectivity index (χ4n) is 7.32.